The lowest BCUT2D eigenvalue weighted by atomic mass is 9.85. The standard InChI is InChI=1S/C12H14F2OS/c1-8-12(15,5-2-6-16-8)10-4-3-9(13)7-11(10)14/h3-4,7-8,15H,2,5-6H2,1H3. The second-order valence-corrected chi connectivity index (χ2v) is 5.61. The van der Waals surface area contributed by atoms with Crippen LogP contribution in [0.4, 0.5) is 8.78 Å². The monoisotopic (exact) mass is 244 g/mol. The zero-order chi connectivity index (χ0) is 11.8. The Morgan fingerprint density at radius 1 is 1.44 bits per heavy atom. The molecule has 1 heterocycles. The van der Waals surface area contributed by atoms with Crippen molar-refractivity contribution in [3.05, 3.63) is 35.4 Å². The molecule has 0 aliphatic carbocycles. The van der Waals surface area contributed by atoms with Gasteiger partial charge < -0.3 is 5.11 Å². The van der Waals surface area contributed by atoms with Gasteiger partial charge in [-0.1, -0.05) is 13.0 Å². The highest BCUT2D eigenvalue weighted by atomic mass is 32.2. The molecule has 0 bridgehead atoms. The maximum Gasteiger partial charge on any atom is 0.132 e. The van der Waals surface area contributed by atoms with Crippen LogP contribution in [0.3, 0.4) is 0 Å². The Labute approximate surface area is 97.9 Å². The van der Waals surface area contributed by atoms with Gasteiger partial charge in [-0.2, -0.15) is 11.8 Å². The number of halogens is 2. The molecule has 1 aromatic rings. The Kier molecular flexibility index (Phi) is 3.22. The fourth-order valence-electron chi connectivity index (χ4n) is 2.14. The smallest absolute Gasteiger partial charge is 0.132 e. The van der Waals surface area contributed by atoms with Gasteiger partial charge in [0.15, 0.2) is 0 Å². The molecular weight excluding hydrogens is 230 g/mol. The van der Waals surface area contributed by atoms with Crippen molar-refractivity contribution in [2.24, 2.45) is 0 Å². The van der Waals surface area contributed by atoms with Gasteiger partial charge in [-0.25, -0.2) is 8.78 Å². The lowest BCUT2D eigenvalue weighted by Gasteiger charge is -2.38. The molecule has 2 rings (SSSR count). The molecule has 1 fully saturated rings. The number of rotatable bonds is 1. The van der Waals surface area contributed by atoms with Crippen molar-refractivity contribution in [2.45, 2.75) is 30.6 Å². The van der Waals surface area contributed by atoms with Crippen LogP contribution in [0.15, 0.2) is 18.2 Å². The predicted octanol–water partition coefficient (Wildman–Crippen LogP) is 3.07. The summed E-state index contributed by atoms with van der Waals surface area (Å²) in [4.78, 5) is 0. The van der Waals surface area contributed by atoms with Gasteiger partial charge in [-0.3, -0.25) is 0 Å². The third-order valence-corrected chi connectivity index (χ3v) is 4.55. The lowest BCUT2D eigenvalue weighted by molar-refractivity contribution is 0.0219. The quantitative estimate of drug-likeness (QED) is 0.819. The number of hydrogen-bond donors (Lipinski definition) is 1. The minimum absolute atomic E-state index is 0.0683. The fraction of sp³-hybridized carbons (Fsp3) is 0.500. The number of hydrogen-bond acceptors (Lipinski definition) is 2. The molecule has 4 heteroatoms. The molecule has 0 aromatic heterocycles. The van der Waals surface area contributed by atoms with Crippen LogP contribution in [0.5, 0.6) is 0 Å². The van der Waals surface area contributed by atoms with E-state index in [2.05, 4.69) is 0 Å². The van der Waals surface area contributed by atoms with Crippen molar-refractivity contribution in [1.29, 1.82) is 0 Å². The number of thioether (sulfide) groups is 1. The van der Waals surface area contributed by atoms with Crippen molar-refractivity contribution in [1.82, 2.24) is 0 Å². The molecule has 2 atom stereocenters. The minimum atomic E-state index is -1.17. The third-order valence-electron chi connectivity index (χ3n) is 3.14. The van der Waals surface area contributed by atoms with E-state index in [1.165, 1.54) is 12.1 Å². The van der Waals surface area contributed by atoms with Gasteiger partial charge in [0.1, 0.15) is 17.2 Å². The van der Waals surface area contributed by atoms with E-state index in [4.69, 9.17) is 0 Å². The first-order valence-corrected chi connectivity index (χ1v) is 6.38. The summed E-state index contributed by atoms with van der Waals surface area (Å²) in [6.45, 7) is 1.88. The summed E-state index contributed by atoms with van der Waals surface area (Å²) in [5.74, 6) is -0.287. The first-order valence-electron chi connectivity index (χ1n) is 5.33. The molecule has 0 amide bonds. The summed E-state index contributed by atoms with van der Waals surface area (Å²) >= 11 is 1.62. The van der Waals surface area contributed by atoms with E-state index in [1.54, 1.807) is 11.8 Å². The summed E-state index contributed by atoms with van der Waals surface area (Å²) < 4.78 is 26.5. The van der Waals surface area contributed by atoms with Crippen molar-refractivity contribution in [2.75, 3.05) is 5.75 Å². The van der Waals surface area contributed by atoms with Gasteiger partial charge in [0.2, 0.25) is 0 Å². The highest BCUT2D eigenvalue weighted by Gasteiger charge is 2.40. The Morgan fingerprint density at radius 2 is 2.19 bits per heavy atom. The summed E-state index contributed by atoms with van der Waals surface area (Å²) in [5, 5.41) is 10.4. The van der Waals surface area contributed by atoms with Crippen LogP contribution in [0, 0.1) is 11.6 Å². The Balaban J connectivity index is 2.41. The minimum Gasteiger partial charge on any atom is -0.384 e. The summed E-state index contributed by atoms with van der Waals surface area (Å²) in [7, 11) is 0. The van der Waals surface area contributed by atoms with Crippen molar-refractivity contribution in [3.63, 3.8) is 0 Å². The molecule has 16 heavy (non-hydrogen) atoms. The van der Waals surface area contributed by atoms with E-state index >= 15 is 0 Å². The van der Waals surface area contributed by atoms with Gasteiger partial charge in [-0.15, -0.1) is 0 Å². The molecule has 2 unspecified atom stereocenters. The fourth-order valence-corrected chi connectivity index (χ4v) is 3.32. The molecule has 0 spiro atoms. The Bertz CT molecular complexity index is 397. The van der Waals surface area contributed by atoms with E-state index in [-0.39, 0.29) is 10.8 Å². The van der Waals surface area contributed by atoms with E-state index < -0.39 is 17.2 Å². The van der Waals surface area contributed by atoms with Gasteiger partial charge in [-0.05, 0) is 24.7 Å². The van der Waals surface area contributed by atoms with E-state index in [0.29, 0.717) is 6.42 Å². The van der Waals surface area contributed by atoms with Crippen LogP contribution in [0.25, 0.3) is 0 Å². The summed E-state index contributed by atoms with van der Waals surface area (Å²) in [5.41, 5.74) is -0.950. The average molecular weight is 244 g/mol. The molecule has 1 aliphatic rings. The zero-order valence-electron chi connectivity index (χ0n) is 9.04. The van der Waals surface area contributed by atoms with Crippen LogP contribution in [0.2, 0.25) is 0 Å². The van der Waals surface area contributed by atoms with Crippen LogP contribution >= 0.6 is 11.8 Å². The van der Waals surface area contributed by atoms with Crippen molar-refractivity contribution < 1.29 is 13.9 Å². The highest BCUT2D eigenvalue weighted by molar-refractivity contribution is 8.00. The van der Waals surface area contributed by atoms with Crippen molar-refractivity contribution >= 4 is 11.8 Å². The second-order valence-electron chi connectivity index (χ2n) is 4.16. The van der Waals surface area contributed by atoms with E-state index in [1.807, 2.05) is 6.92 Å². The Hall–Kier alpha value is -0.610. The van der Waals surface area contributed by atoms with E-state index in [9.17, 15) is 13.9 Å². The molecule has 1 N–H and O–H groups in total. The van der Waals surface area contributed by atoms with Gasteiger partial charge in [0, 0.05) is 16.9 Å². The van der Waals surface area contributed by atoms with E-state index in [0.717, 1.165) is 18.2 Å². The Morgan fingerprint density at radius 3 is 2.81 bits per heavy atom. The summed E-state index contributed by atoms with van der Waals surface area (Å²) in [6, 6.07) is 3.38. The van der Waals surface area contributed by atoms with Crippen LogP contribution in [-0.4, -0.2) is 16.1 Å². The number of benzene rings is 1. The second kappa shape index (κ2) is 4.34. The molecule has 1 nitrogen and oxygen atoms in total. The number of aliphatic hydroxyl groups is 1. The molecule has 1 aliphatic heterocycles. The topological polar surface area (TPSA) is 20.2 Å². The average Bonchev–Trinajstić information content (AvgIpc) is 2.22. The molecule has 0 radical (unpaired) electrons. The largest absolute Gasteiger partial charge is 0.384 e. The van der Waals surface area contributed by atoms with Gasteiger partial charge in [0.25, 0.3) is 0 Å². The SMILES string of the molecule is CC1SCCCC1(O)c1ccc(F)cc1F. The molecule has 1 saturated heterocycles. The third kappa shape index (κ3) is 1.96. The predicted molar refractivity (Wildman–Crippen MR) is 61.4 cm³/mol. The van der Waals surface area contributed by atoms with Gasteiger partial charge >= 0.3 is 0 Å². The normalized spacial score (nSPS) is 30.4. The molecule has 1 aromatic carbocycles. The summed E-state index contributed by atoms with van der Waals surface area (Å²) in [6.07, 6.45) is 1.38. The van der Waals surface area contributed by atoms with Crippen molar-refractivity contribution in [3.8, 4) is 0 Å². The molecule has 88 valence electrons. The maximum absolute atomic E-state index is 13.6. The first kappa shape index (κ1) is 11.9. The van der Waals surface area contributed by atoms with Crippen LogP contribution in [-0.2, 0) is 5.60 Å². The van der Waals surface area contributed by atoms with Crippen LogP contribution < -0.4 is 0 Å². The molecular formula is C12H14F2OS. The zero-order valence-corrected chi connectivity index (χ0v) is 9.86. The van der Waals surface area contributed by atoms with Gasteiger partial charge in [0.05, 0.1) is 0 Å². The lowest BCUT2D eigenvalue weighted by Crippen LogP contribution is -2.39. The highest BCUT2D eigenvalue weighted by Crippen LogP contribution is 2.42. The van der Waals surface area contributed by atoms with Crippen LogP contribution in [0.1, 0.15) is 25.3 Å². The molecule has 0 saturated carbocycles. The maximum atomic E-state index is 13.6. The first-order chi connectivity index (χ1) is 7.54.